The van der Waals surface area contributed by atoms with Gasteiger partial charge in [0.2, 0.25) is 0 Å². The van der Waals surface area contributed by atoms with Crippen LogP contribution in [0.3, 0.4) is 0 Å². The third kappa shape index (κ3) is 2.09. The minimum absolute atomic E-state index is 0.102. The summed E-state index contributed by atoms with van der Waals surface area (Å²) in [6.07, 6.45) is 0. The van der Waals surface area contributed by atoms with Crippen molar-refractivity contribution in [3.8, 4) is 0 Å². The number of benzene rings is 1. The molecule has 1 aromatic carbocycles. The second-order valence-corrected chi connectivity index (χ2v) is 2.81. The number of ketones is 1. The molecule has 0 radical (unpaired) electrons. The lowest BCUT2D eigenvalue weighted by Gasteiger charge is -1.91. The van der Waals surface area contributed by atoms with Gasteiger partial charge in [-0.1, -0.05) is 15.9 Å². The Labute approximate surface area is 74.6 Å². The van der Waals surface area contributed by atoms with E-state index in [2.05, 4.69) is 22.9 Å². The predicted molar refractivity (Wildman–Crippen MR) is 49.0 cm³/mol. The van der Waals surface area contributed by atoms with Crippen molar-refractivity contribution < 1.29 is 4.79 Å². The monoisotopic (exact) mass is 211 g/mol. The third-order valence-corrected chi connectivity index (χ3v) is 1.91. The Morgan fingerprint density at radius 2 is 1.91 bits per heavy atom. The van der Waals surface area contributed by atoms with Crippen molar-refractivity contribution in [1.82, 2.24) is 0 Å². The molecule has 0 aromatic heterocycles. The predicted octanol–water partition coefficient (Wildman–Crippen LogP) is 2.45. The fourth-order valence-corrected chi connectivity index (χ4v) is 1.09. The Kier molecular flexibility index (Phi) is 2.71. The molecule has 0 atom stereocenters. The third-order valence-electron chi connectivity index (χ3n) is 1.40. The van der Waals surface area contributed by atoms with E-state index in [1.54, 1.807) is 12.1 Å². The molecule has 11 heavy (non-hydrogen) atoms. The van der Waals surface area contributed by atoms with E-state index in [1.165, 1.54) is 0 Å². The van der Waals surface area contributed by atoms with E-state index in [0.717, 1.165) is 11.1 Å². The Morgan fingerprint density at radius 1 is 1.36 bits per heavy atom. The van der Waals surface area contributed by atoms with E-state index in [0.29, 0.717) is 5.33 Å². The second kappa shape index (κ2) is 3.58. The van der Waals surface area contributed by atoms with E-state index in [9.17, 15) is 4.79 Å². The molecule has 0 unspecified atom stereocenters. The fourth-order valence-electron chi connectivity index (χ4n) is 0.768. The van der Waals surface area contributed by atoms with Gasteiger partial charge in [0.15, 0.2) is 5.78 Å². The van der Waals surface area contributed by atoms with Crippen molar-refractivity contribution in [2.75, 3.05) is 5.33 Å². The Hall–Kier alpha value is -0.760. The van der Waals surface area contributed by atoms with Crippen LogP contribution in [-0.2, 0) is 0 Å². The summed E-state index contributed by atoms with van der Waals surface area (Å²) < 4.78 is 0. The smallest absolute Gasteiger partial charge is 0.175 e. The molecule has 0 bridgehead atoms. The molecule has 0 saturated heterocycles. The number of Topliss-reactive ketones (excluding diaryl/α,β-unsaturated/α-hetero) is 1. The summed E-state index contributed by atoms with van der Waals surface area (Å²) in [4.78, 5) is 11.1. The molecule has 0 aliphatic carbocycles. The summed E-state index contributed by atoms with van der Waals surface area (Å²) in [5.41, 5.74) is 1.66. The van der Waals surface area contributed by atoms with Crippen molar-refractivity contribution in [2.24, 2.45) is 0 Å². The highest BCUT2D eigenvalue weighted by Crippen LogP contribution is 2.04. The van der Waals surface area contributed by atoms with Gasteiger partial charge in [0.05, 0.1) is 5.33 Å². The van der Waals surface area contributed by atoms with E-state index >= 15 is 0 Å². The van der Waals surface area contributed by atoms with Crippen LogP contribution in [0.5, 0.6) is 0 Å². The standard InChI is InChI=1S/C9H8BrO/c1-7-2-4-8(5-3-7)9(11)6-10/h2-5H,1,6H2/q+1. The summed E-state index contributed by atoms with van der Waals surface area (Å²) in [6.45, 7) is 3.72. The van der Waals surface area contributed by atoms with Crippen molar-refractivity contribution >= 4 is 21.7 Å². The molecule has 2 heteroatoms. The van der Waals surface area contributed by atoms with Gasteiger partial charge in [-0.2, -0.15) is 0 Å². The first kappa shape index (κ1) is 8.34. The first-order chi connectivity index (χ1) is 5.24. The number of hydrogen-bond acceptors (Lipinski definition) is 1. The van der Waals surface area contributed by atoms with Gasteiger partial charge in [-0.05, 0) is 0 Å². The normalized spacial score (nSPS) is 9.55. The number of alkyl halides is 1. The van der Waals surface area contributed by atoms with Gasteiger partial charge in [0.25, 0.3) is 0 Å². The Morgan fingerprint density at radius 3 is 2.36 bits per heavy atom. The molecule has 0 aliphatic rings. The van der Waals surface area contributed by atoms with Gasteiger partial charge in [0.1, 0.15) is 5.56 Å². The zero-order valence-electron chi connectivity index (χ0n) is 6.01. The van der Waals surface area contributed by atoms with Crippen LogP contribution in [0.15, 0.2) is 24.3 Å². The highest BCUT2D eigenvalue weighted by Gasteiger charge is 2.04. The maximum atomic E-state index is 11.1. The lowest BCUT2D eigenvalue weighted by atomic mass is 10.1. The quantitative estimate of drug-likeness (QED) is 0.418. The van der Waals surface area contributed by atoms with E-state index in [4.69, 9.17) is 0 Å². The number of halogens is 1. The van der Waals surface area contributed by atoms with Gasteiger partial charge < -0.3 is 0 Å². The first-order valence-corrected chi connectivity index (χ1v) is 4.37. The van der Waals surface area contributed by atoms with Crippen molar-refractivity contribution in [3.63, 3.8) is 0 Å². The zero-order chi connectivity index (χ0) is 8.27. The first-order valence-electron chi connectivity index (χ1n) is 3.25. The van der Waals surface area contributed by atoms with Crippen LogP contribution < -0.4 is 0 Å². The Bertz CT molecular complexity index is 251. The van der Waals surface area contributed by atoms with Gasteiger partial charge in [0, 0.05) is 36.8 Å². The molecule has 0 N–H and O–H groups in total. The van der Waals surface area contributed by atoms with Crippen LogP contribution in [0.2, 0.25) is 0 Å². The van der Waals surface area contributed by atoms with Crippen LogP contribution in [0, 0.1) is 6.92 Å². The lowest BCUT2D eigenvalue weighted by molar-refractivity contribution is 0.102. The zero-order valence-corrected chi connectivity index (χ0v) is 7.60. The molecule has 0 spiro atoms. The summed E-state index contributed by atoms with van der Waals surface area (Å²) in [5.74, 6) is 0.102. The van der Waals surface area contributed by atoms with Crippen LogP contribution in [-0.4, -0.2) is 11.1 Å². The van der Waals surface area contributed by atoms with Gasteiger partial charge in [-0.25, -0.2) is 0 Å². The van der Waals surface area contributed by atoms with Gasteiger partial charge in [-0.3, -0.25) is 4.79 Å². The summed E-state index contributed by atoms with van der Waals surface area (Å²) in [7, 11) is 0. The maximum absolute atomic E-state index is 11.1. The van der Waals surface area contributed by atoms with Crippen molar-refractivity contribution in [1.29, 1.82) is 0 Å². The summed E-state index contributed by atoms with van der Waals surface area (Å²) >= 11 is 3.10. The second-order valence-electron chi connectivity index (χ2n) is 2.25. The topological polar surface area (TPSA) is 17.1 Å². The minimum Gasteiger partial charge on any atom is -0.293 e. The van der Waals surface area contributed by atoms with Gasteiger partial charge >= 0.3 is 0 Å². The molecule has 56 valence electrons. The highest BCUT2D eigenvalue weighted by molar-refractivity contribution is 9.09. The van der Waals surface area contributed by atoms with Crippen LogP contribution in [0.1, 0.15) is 15.9 Å². The van der Waals surface area contributed by atoms with Crippen LogP contribution in [0.4, 0.5) is 0 Å². The lowest BCUT2D eigenvalue weighted by Crippen LogP contribution is -1.98. The SMILES string of the molecule is [CH2+]c1ccc(C(=O)CBr)cc1. The number of rotatable bonds is 2. The fraction of sp³-hybridized carbons (Fsp3) is 0.111. The molecule has 0 aliphatic heterocycles. The Balaban J connectivity index is 2.90. The molecule has 0 heterocycles. The summed E-state index contributed by atoms with van der Waals surface area (Å²) in [5, 5.41) is 0.378. The molecule has 1 nitrogen and oxygen atoms in total. The number of carbonyl (C=O) groups excluding carboxylic acids is 1. The number of carbonyl (C=O) groups is 1. The average Bonchev–Trinajstić information content (AvgIpc) is 2.05. The molecule has 0 fully saturated rings. The highest BCUT2D eigenvalue weighted by atomic mass is 79.9. The van der Waals surface area contributed by atoms with E-state index in [-0.39, 0.29) is 5.78 Å². The summed E-state index contributed by atoms with van der Waals surface area (Å²) in [6, 6.07) is 7.23. The molecule has 0 saturated carbocycles. The molecular formula is C9H8BrO+. The van der Waals surface area contributed by atoms with Crippen molar-refractivity contribution in [2.45, 2.75) is 0 Å². The molecule has 1 aromatic rings. The average molecular weight is 212 g/mol. The van der Waals surface area contributed by atoms with E-state index in [1.807, 2.05) is 12.1 Å². The largest absolute Gasteiger partial charge is 0.293 e. The minimum atomic E-state index is 0.102. The maximum Gasteiger partial charge on any atom is 0.175 e. The molecule has 1 rings (SSSR count). The van der Waals surface area contributed by atoms with Crippen LogP contribution in [0.25, 0.3) is 0 Å². The van der Waals surface area contributed by atoms with Gasteiger partial charge in [-0.15, -0.1) is 0 Å². The molecule has 0 amide bonds. The van der Waals surface area contributed by atoms with Crippen molar-refractivity contribution in [3.05, 3.63) is 42.3 Å². The van der Waals surface area contributed by atoms with Crippen LogP contribution >= 0.6 is 15.9 Å². The molecular weight excluding hydrogens is 204 g/mol. The number of hydrogen-bond donors (Lipinski definition) is 0. The van der Waals surface area contributed by atoms with E-state index < -0.39 is 0 Å².